The van der Waals surface area contributed by atoms with Crippen LogP contribution in [0.1, 0.15) is 12.0 Å². The standard InChI is InChI=1S/C11H7BrClNS/c12-6-2-1-3-9-4-5-11(14-8-15)10(13)7-9/h4-5,7H,2,6H2. The van der Waals surface area contributed by atoms with Gasteiger partial charge in [-0.05, 0) is 30.4 Å². The van der Waals surface area contributed by atoms with Gasteiger partial charge in [-0.1, -0.05) is 39.4 Å². The Morgan fingerprint density at radius 1 is 1.47 bits per heavy atom. The van der Waals surface area contributed by atoms with Gasteiger partial charge in [0.05, 0.1) is 15.9 Å². The van der Waals surface area contributed by atoms with Gasteiger partial charge in [0.2, 0.25) is 0 Å². The normalized spacial score (nSPS) is 8.67. The van der Waals surface area contributed by atoms with Crippen molar-refractivity contribution in [3.63, 3.8) is 0 Å². The first-order valence-electron chi connectivity index (χ1n) is 4.20. The van der Waals surface area contributed by atoms with Crippen molar-refractivity contribution in [1.82, 2.24) is 0 Å². The summed E-state index contributed by atoms with van der Waals surface area (Å²) in [5.41, 5.74) is 1.50. The fourth-order valence-electron chi connectivity index (χ4n) is 0.936. The molecule has 1 rings (SSSR count). The Labute approximate surface area is 108 Å². The van der Waals surface area contributed by atoms with Crippen molar-refractivity contribution >= 4 is 50.6 Å². The molecular weight excluding hydrogens is 294 g/mol. The number of hydrogen-bond acceptors (Lipinski definition) is 2. The molecule has 0 aromatic heterocycles. The second-order valence-corrected chi connectivity index (χ2v) is 3.99. The molecule has 4 heteroatoms. The Hall–Kier alpha value is -0.650. The monoisotopic (exact) mass is 299 g/mol. The largest absolute Gasteiger partial charge is 0.193 e. The number of hydrogen-bond donors (Lipinski definition) is 0. The van der Waals surface area contributed by atoms with E-state index >= 15 is 0 Å². The lowest BCUT2D eigenvalue weighted by atomic mass is 10.2. The SMILES string of the molecule is S=C=Nc1ccc(C#CCCBr)cc1Cl. The summed E-state index contributed by atoms with van der Waals surface area (Å²) < 4.78 is 0. The zero-order chi connectivity index (χ0) is 11.1. The molecule has 0 radical (unpaired) electrons. The van der Waals surface area contributed by atoms with Crippen molar-refractivity contribution in [1.29, 1.82) is 0 Å². The third-order valence-corrected chi connectivity index (χ3v) is 2.36. The maximum absolute atomic E-state index is 5.96. The Morgan fingerprint density at radius 2 is 2.27 bits per heavy atom. The van der Waals surface area contributed by atoms with E-state index in [2.05, 4.69) is 50.1 Å². The first-order valence-corrected chi connectivity index (χ1v) is 6.11. The number of benzene rings is 1. The van der Waals surface area contributed by atoms with E-state index in [9.17, 15) is 0 Å². The molecule has 0 amide bonds. The smallest absolute Gasteiger partial charge is 0.0926 e. The third-order valence-electron chi connectivity index (χ3n) is 1.57. The van der Waals surface area contributed by atoms with Crippen LogP contribution in [-0.2, 0) is 0 Å². The zero-order valence-electron chi connectivity index (χ0n) is 7.76. The molecule has 0 unspecified atom stereocenters. The van der Waals surface area contributed by atoms with Crippen LogP contribution >= 0.6 is 39.7 Å². The number of nitrogens with zero attached hydrogens (tertiary/aromatic N) is 1. The Balaban J connectivity index is 2.92. The van der Waals surface area contributed by atoms with Crippen LogP contribution in [0.4, 0.5) is 5.69 Å². The summed E-state index contributed by atoms with van der Waals surface area (Å²) in [7, 11) is 0. The van der Waals surface area contributed by atoms with Crippen molar-refractivity contribution in [2.45, 2.75) is 6.42 Å². The highest BCUT2D eigenvalue weighted by molar-refractivity contribution is 9.09. The summed E-state index contributed by atoms with van der Waals surface area (Å²) in [6.07, 6.45) is 0.817. The average Bonchev–Trinajstić information content (AvgIpc) is 2.23. The van der Waals surface area contributed by atoms with E-state index < -0.39 is 0 Å². The summed E-state index contributed by atoms with van der Waals surface area (Å²) >= 11 is 13.8. The summed E-state index contributed by atoms with van der Waals surface area (Å²) in [6.45, 7) is 0. The van der Waals surface area contributed by atoms with Gasteiger partial charge in [-0.25, -0.2) is 0 Å². The number of rotatable bonds is 2. The van der Waals surface area contributed by atoms with Gasteiger partial charge < -0.3 is 0 Å². The van der Waals surface area contributed by atoms with Gasteiger partial charge in [-0.3, -0.25) is 0 Å². The topological polar surface area (TPSA) is 12.4 Å². The fraction of sp³-hybridized carbons (Fsp3) is 0.182. The molecule has 1 nitrogen and oxygen atoms in total. The Morgan fingerprint density at radius 3 is 2.87 bits per heavy atom. The summed E-state index contributed by atoms with van der Waals surface area (Å²) in [6, 6.07) is 5.41. The molecule has 0 aliphatic carbocycles. The van der Waals surface area contributed by atoms with Gasteiger partial charge in [0.15, 0.2) is 0 Å². The number of halogens is 2. The summed E-state index contributed by atoms with van der Waals surface area (Å²) in [5.74, 6) is 6.01. The minimum atomic E-state index is 0.540. The van der Waals surface area contributed by atoms with Crippen molar-refractivity contribution < 1.29 is 0 Å². The van der Waals surface area contributed by atoms with E-state index in [4.69, 9.17) is 11.6 Å². The van der Waals surface area contributed by atoms with Crippen LogP contribution < -0.4 is 0 Å². The lowest BCUT2D eigenvalue weighted by Gasteiger charge is -1.96. The van der Waals surface area contributed by atoms with Crippen molar-refractivity contribution in [3.8, 4) is 11.8 Å². The fourth-order valence-corrected chi connectivity index (χ4v) is 1.46. The van der Waals surface area contributed by atoms with Crippen LogP contribution in [0.15, 0.2) is 23.2 Å². The lowest BCUT2D eigenvalue weighted by molar-refractivity contribution is 1.32. The van der Waals surface area contributed by atoms with Gasteiger partial charge in [-0.15, -0.1) is 0 Å². The van der Waals surface area contributed by atoms with Crippen LogP contribution in [-0.4, -0.2) is 10.5 Å². The second-order valence-electron chi connectivity index (χ2n) is 2.61. The first-order chi connectivity index (χ1) is 7.27. The maximum atomic E-state index is 5.96. The second kappa shape index (κ2) is 6.76. The molecule has 1 aromatic rings. The number of thiocarbonyl (C=S) groups is 1. The van der Waals surface area contributed by atoms with Crippen molar-refractivity contribution in [3.05, 3.63) is 28.8 Å². The molecule has 0 spiro atoms. The van der Waals surface area contributed by atoms with E-state index in [-0.39, 0.29) is 0 Å². The molecular formula is C11H7BrClNS. The third kappa shape index (κ3) is 4.15. The van der Waals surface area contributed by atoms with E-state index in [1.807, 2.05) is 6.07 Å². The van der Waals surface area contributed by atoms with Gasteiger partial charge >= 0.3 is 0 Å². The molecule has 0 aliphatic rings. The lowest BCUT2D eigenvalue weighted by Crippen LogP contribution is -1.76. The molecule has 0 fully saturated rings. The van der Waals surface area contributed by atoms with Crippen molar-refractivity contribution in [2.24, 2.45) is 4.99 Å². The highest BCUT2D eigenvalue weighted by atomic mass is 79.9. The van der Waals surface area contributed by atoms with E-state index in [0.29, 0.717) is 10.7 Å². The van der Waals surface area contributed by atoms with E-state index in [0.717, 1.165) is 17.3 Å². The molecule has 76 valence electrons. The molecule has 0 saturated heterocycles. The van der Waals surface area contributed by atoms with Crippen LogP contribution in [0.5, 0.6) is 0 Å². The molecule has 15 heavy (non-hydrogen) atoms. The molecule has 0 bridgehead atoms. The average molecular weight is 301 g/mol. The Kier molecular flexibility index (Phi) is 5.60. The number of alkyl halides is 1. The molecule has 0 saturated carbocycles. The van der Waals surface area contributed by atoms with Gasteiger partial charge in [0.25, 0.3) is 0 Å². The zero-order valence-corrected chi connectivity index (χ0v) is 10.9. The van der Waals surface area contributed by atoms with Crippen molar-refractivity contribution in [2.75, 3.05) is 5.33 Å². The van der Waals surface area contributed by atoms with E-state index in [1.54, 1.807) is 12.1 Å². The molecule has 0 aliphatic heterocycles. The predicted molar refractivity (Wildman–Crippen MR) is 71.4 cm³/mol. The highest BCUT2D eigenvalue weighted by Crippen LogP contribution is 2.24. The predicted octanol–water partition coefficient (Wildman–Crippen LogP) is 4.21. The van der Waals surface area contributed by atoms with Gasteiger partial charge in [-0.2, -0.15) is 4.99 Å². The maximum Gasteiger partial charge on any atom is 0.0926 e. The van der Waals surface area contributed by atoms with Crippen LogP contribution in [0.3, 0.4) is 0 Å². The van der Waals surface area contributed by atoms with Crippen LogP contribution in [0.25, 0.3) is 0 Å². The minimum Gasteiger partial charge on any atom is -0.193 e. The highest BCUT2D eigenvalue weighted by Gasteiger charge is 1.97. The first kappa shape index (κ1) is 12.4. The number of aliphatic imine (C=N–C) groups is 1. The van der Waals surface area contributed by atoms with Crippen LogP contribution in [0, 0.1) is 11.8 Å². The van der Waals surface area contributed by atoms with Crippen LogP contribution in [0.2, 0.25) is 5.02 Å². The molecule has 0 atom stereocenters. The summed E-state index contributed by atoms with van der Waals surface area (Å²) in [4.78, 5) is 3.82. The minimum absolute atomic E-state index is 0.540. The molecule has 0 N–H and O–H groups in total. The number of isothiocyanates is 1. The quantitative estimate of drug-likeness (QED) is 0.345. The van der Waals surface area contributed by atoms with E-state index in [1.165, 1.54) is 0 Å². The summed E-state index contributed by atoms with van der Waals surface area (Å²) in [5, 5.41) is 3.69. The molecule has 1 aromatic carbocycles. The Bertz CT molecular complexity index is 455. The molecule has 0 heterocycles. The van der Waals surface area contributed by atoms with Gasteiger partial charge in [0.1, 0.15) is 0 Å². The van der Waals surface area contributed by atoms with Gasteiger partial charge in [0, 0.05) is 17.3 Å².